The maximum atomic E-state index is 12.6. The van der Waals surface area contributed by atoms with E-state index >= 15 is 0 Å². The topological polar surface area (TPSA) is 74.7 Å². The van der Waals surface area contributed by atoms with Crippen molar-refractivity contribution in [2.45, 2.75) is 4.90 Å². The van der Waals surface area contributed by atoms with Gasteiger partial charge in [-0.1, -0.05) is 34.8 Å². The summed E-state index contributed by atoms with van der Waals surface area (Å²) in [5.74, 6) is -1.31. The molecule has 0 atom stereocenters. The van der Waals surface area contributed by atoms with Gasteiger partial charge in [-0.05, 0) is 36.4 Å². The minimum atomic E-state index is -3.95. The lowest BCUT2D eigenvalue weighted by atomic mass is 10.2. The smallest absolute Gasteiger partial charge is 0.337 e. The molecule has 0 amide bonds. The van der Waals surface area contributed by atoms with Crippen molar-refractivity contribution in [3.05, 3.63) is 57.0 Å². The van der Waals surface area contributed by atoms with Crippen LogP contribution in [0.4, 0.5) is 5.69 Å². The number of sulfonamides is 1. The van der Waals surface area contributed by atoms with Gasteiger partial charge in [0.05, 0.1) is 21.2 Å². The molecular formula is C14H10Cl3NO4S. The van der Waals surface area contributed by atoms with Crippen LogP contribution < -0.4 is 4.31 Å². The van der Waals surface area contributed by atoms with E-state index in [0.29, 0.717) is 5.02 Å². The zero-order valence-electron chi connectivity index (χ0n) is 11.6. The number of rotatable bonds is 4. The van der Waals surface area contributed by atoms with Gasteiger partial charge in [-0.25, -0.2) is 13.2 Å². The number of carboxylic acid groups (broad SMARTS) is 1. The third-order valence-electron chi connectivity index (χ3n) is 3.06. The van der Waals surface area contributed by atoms with Crippen molar-refractivity contribution in [1.82, 2.24) is 0 Å². The van der Waals surface area contributed by atoms with Crippen LogP contribution in [0.5, 0.6) is 0 Å². The standard InChI is InChI=1S/C14H10Cl3NO4S/c1-18(23(21,22)10-4-2-8(15)3-5-10)12-7-9(16)6-11(13(12)17)14(19)20/h2-7H,1H3,(H,19,20). The van der Waals surface area contributed by atoms with Crippen molar-refractivity contribution in [3.63, 3.8) is 0 Å². The number of carboxylic acids is 1. The Bertz CT molecular complexity index is 866. The molecular weight excluding hydrogens is 385 g/mol. The summed E-state index contributed by atoms with van der Waals surface area (Å²) in [5, 5.41) is 9.35. The molecule has 0 radical (unpaired) electrons. The second-order valence-electron chi connectivity index (χ2n) is 4.52. The molecule has 122 valence electrons. The second kappa shape index (κ2) is 6.57. The van der Waals surface area contributed by atoms with Crippen LogP contribution in [0.25, 0.3) is 0 Å². The lowest BCUT2D eigenvalue weighted by Gasteiger charge is -2.21. The highest BCUT2D eigenvalue weighted by Gasteiger charge is 2.25. The average molecular weight is 395 g/mol. The molecule has 0 aliphatic rings. The molecule has 0 bridgehead atoms. The predicted octanol–water partition coefficient (Wildman–Crippen LogP) is 4.17. The maximum Gasteiger partial charge on any atom is 0.337 e. The highest BCUT2D eigenvalue weighted by Crippen LogP contribution is 2.35. The van der Waals surface area contributed by atoms with Gasteiger partial charge in [0.2, 0.25) is 0 Å². The molecule has 9 heteroatoms. The Labute approximate surface area is 148 Å². The van der Waals surface area contributed by atoms with E-state index < -0.39 is 16.0 Å². The molecule has 0 aliphatic carbocycles. The lowest BCUT2D eigenvalue weighted by molar-refractivity contribution is 0.0697. The summed E-state index contributed by atoms with van der Waals surface area (Å²) in [7, 11) is -2.69. The van der Waals surface area contributed by atoms with E-state index in [9.17, 15) is 13.2 Å². The van der Waals surface area contributed by atoms with Gasteiger partial charge in [0.25, 0.3) is 10.0 Å². The Morgan fingerprint density at radius 1 is 1.04 bits per heavy atom. The third kappa shape index (κ3) is 3.55. The number of hydrogen-bond donors (Lipinski definition) is 1. The molecule has 0 unspecified atom stereocenters. The number of nitrogens with zero attached hydrogens (tertiary/aromatic N) is 1. The number of carbonyl (C=O) groups is 1. The van der Waals surface area contributed by atoms with Crippen molar-refractivity contribution in [2.24, 2.45) is 0 Å². The fraction of sp³-hybridized carbons (Fsp3) is 0.0714. The normalized spacial score (nSPS) is 11.3. The monoisotopic (exact) mass is 393 g/mol. The number of anilines is 1. The van der Waals surface area contributed by atoms with Gasteiger partial charge in [-0.15, -0.1) is 0 Å². The first kappa shape index (κ1) is 17.9. The summed E-state index contributed by atoms with van der Waals surface area (Å²) in [4.78, 5) is 11.2. The first-order chi connectivity index (χ1) is 10.6. The molecule has 0 aromatic heterocycles. The highest BCUT2D eigenvalue weighted by molar-refractivity contribution is 7.92. The quantitative estimate of drug-likeness (QED) is 0.844. The van der Waals surface area contributed by atoms with Crippen LogP contribution in [-0.2, 0) is 10.0 Å². The molecule has 0 aliphatic heterocycles. The van der Waals surface area contributed by atoms with Gasteiger partial charge in [-0.2, -0.15) is 0 Å². The van der Waals surface area contributed by atoms with Crippen LogP contribution in [0.3, 0.4) is 0 Å². The minimum Gasteiger partial charge on any atom is -0.478 e. The van der Waals surface area contributed by atoms with Crippen LogP contribution in [0.2, 0.25) is 15.1 Å². The molecule has 0 fully saturated rings. The molecule has 0 spiro atoms. The first-order valence-electron chi connectivity index (χ1n) is 6.11. The van der Waals surface area contributed by atoms with E-state index in [2.05, 4.69) is 0 Å². The SMILES string of the molecule is CN(c1cc(Cl)cc(C(=O)O)c1Cl)S(=O)(=O)c1ccc(Cl)cc1. The molecule has 0 saturated heterocycles. The van der Waals surface area contributed by atoms with E-state index in [1.54, 1.807) is 0 Å². The Hall–Kier alpha value is -1.47. The summed E-state index contributed by atoms with van der Waals surface area (Å²) in [6, 6.07) is 7.98. The maximum absolute atomic E-state index is 12.6. The lowest BCUT2D eigenvalue weighted by Crippen LogP contribution is -2.27. The van der Waals surface area contributed by atoms with Gasteiger partial charge in [-0.3, -0.25) is 4.31 Å². The Morgan fingerprint density at radius 3 is 2.13 bits per heavy atom. The molecule has 2 rings (SSSR count). The third-order valence-corrected chi connectivity index (χ3v) is 5.71. The van der Waals surface area contributed by atoms with Crippen molar-refractivity contribution >= 4 is 56.5 Å². The van der Waals surface area contributed by atoms with Crippen LogP contribution >= 0.6 is 34.8 Å². The van der Waals surface area contributed by atoms with Crippen LogP contribution in [0.1, 0.15) is 10.4 Å². The number of halogens is 3. The second-order valence-corrected chi connectivity index (χ2v) is 7.74. The number of aromatic carboxylic acids is 1. The van der Waals surface area contributed by atoms with Crippen molar-refractivity contribution in [1.29, 1.82) is 0 Å². The summed E-state index contributed by atoms with van der Waals surface area (Å²) in [6.07, 6.45) is 0. The Balaban J connectivity index is 2.58. The van der Waals surface area contributed by atoms with E-state index in [4.69, 9.17) is 39.9 Å². The highest BCUT2D eigenvalue weighted by atomic mass is 35.5. The van der Waals surface area contributed by atoms with Gasteiger partial charge in [0.15, 0.2) is 0 Å². The van der Waals surface area contributed by atoms with E-state index in [-0.39, 0.29) is 26.2 Å². The average Bonchev–Trinajstić information content (AvgIpc) is 2.48. The van der Waals surface area contributed by atoms with Gasteiger partial charge in [0, 0.05) is 17.1 Å². The van der Waals surface area contributed by atoms with Crippen molar-refractivity contribution < 1.29 is 18.3 Å². The Kier molecular flexibility index (Phi) is 5.10. The van der Waals surface area contributed by atoms with Gasteiger partial charge < -0.3 is 5.11 Å². The zero-order chi connectivity index (χ0) is 17.4. The molecule has 2 aromatic carbocycles. The van der Waals surface area contributed by atoms with Crippen LogP contribution in [-0.4, -0.2) is 26.5 Å². The molecule has 0 saturated carbocycles. The predicted molar refractivity (Wildman–Crippen MR) is 90.5 cm³/mol. The summed E-state index contributed by atoms with van der Waals surface area (Å²) >= 11 is 17.6. The summed E-state index contributed by atoms with van der Waals surface area (Å²) in [5.41, 5.74) is -0.321. The van der Waals surface area contributed by atoms with E-state index in [0.717, 1.165) is 10.4 Å². The fourth-order valence-electron chi connectivity index (χ4n) is 1.85. The molecule has 0 heterocycles. The van der Waals surface area contributed by atoms with Crippen molar-refractivity contribution in [3.8, 4) is 0 Å². The molecule has 1 N–H and O–H groups in total. The minimum absolute atomic E-state index is 0.0164. The van der Waals surface area contributed by atoms with Crippen LogP contribution in [0.15, 0.2) is 41.3 Å². The molecule has 5 nitrogen and oxygen atoms in total. The number of hydrogen-bond acceptors (Lipinski definition) is 3. The summed E-state index contributed by atoms with van der Waals surface area (Å²) in [6.45, 7) is 0. The summed E-state index contributed by atoms with van der Waals surface area (Å²) < 4.78 is 26.1. The first-order valence-corrected chi connectivity index (χ1v) is 8.69. The number of benzene rings is 2. The fourth-order valence-corrected chi connectivity index (χ4v) is 3.76. The van der Waals surface area contributed by atoms with E-state index in [1.165, 1.54) is 37.4 Å². The zero-order valence-corrected chi connectivity index (χ0v) is 14.7. The Morgan fingerprint density at radius 2 is 1.61 bits per heavy atom. The van der Waals surface area contributed by atoms with Crippen molar-refractivity contribution in [2.75, 3.05) is 11.4 Å². The van der Waals surface area contributed by atoms with Crippen LogP contribution in [0, 0.1) is 0 Å². The van der Waals surface area contributed by atoms with Gasteiger partial charge >= 0.3 is 5.97 Å². The molecule has 23 heavy (non-hydrogen) atoms. The van der Waals surface area contributed by atoms with Gasteiger partial charge in [0.1, 0.15) is 0 Å². The molecule has 2 aromatic rings. The largest absolute Gasteiger partial charge is 0.478 e. The van der Waals surface area contributed by atoms with E-state index in [1.807, 2.05) is 0 Å².